The molecule has 1 saturated heterocycles. The fourth-order valence-corrected chi connectivity index (χ4v) is 26.0. The molecule has 0 aromatic heterocycles. The molecule has 1 heterocycles. The molecule has 5 nitrogen and oxygen atoms in total. The third kappa shape index (κ3) is 13.2. The number of hydrogen-bond acceptors (Lipinski definition) is 5. The van der Waals surface area contributed by atoms with E-state index in [1.807, 2.05) is 0 Å². The van der Waals surface area contributed by atoms with Gasteiger partial charge in [0.1, 0.15) is 0 Å². The topological polar surface area (TPSA) is 22.2 Å². The van der Waals surface area contributed by atoms with Crippen LogP contribution in [0.3, 0.4) is 0 Å². The minimum atomic E-state index is -0.0581. The van der Waals surface area contributed by atoms with E-state index in [0.29, 0.717) is 17.6 Å². The molecular formula is C59H112N4OP2. The van der Waals surface area contributed by atoms with Crippen molar-refractivity contribution in [1.82, 2.24) is 19.6 Å². The molecule has 1 aliphatic heterocycles. The van der Waals surface area contributed by atoms with Crippen molar-refractivity contribution in [2.75, 3.05) is 78.5 Å². The third-order valence-electron chi connectivity index (χ3n) is 21.2. The fraction of sp³-hybridized carbons (Fsp3) is 1.00. The van der Waals surface area contributed by atoms with Gasteiger partial charge in [-0.1, -0.05) is 97.9 Å². The third-order valence-corrected chi connectivity index (χ3v) is 29.2. The van der Waals surface area contributed by atoms with E-state index in [9.17, 15) is 0 Å². The first-order chi connectivity index (χ1) is 32.1. The monoisotopic (exact) mass is 955 g/mol. The minimum absolute atomic E-state index is 0.0581. The Bertz CT molecular complexity index is 1170. The molecule has 66 heavy (non-hydrogen) atoms. The Morgan fingerprint density at radius 2 is 0.591 bits per heavy atom. The Morgan fingerprint density at radius 3 is 0.818 bits per heavy atom. The van der Waals surface area contributed by atoms with E-state index in [4.69, 9.17) is 4.74 Å². The Hall–Kier alpha value is 0.660. The molecule has 6 atom stereocenters. The van der Waals surface area contributed by atoms with Crippen LogP contribution in [-0.2, 0) is 4.74 Å². The molecule has 7 rings (SSSR count). The second kappa shape index (κ2) is 26.6. The predicted octanol–water partition coefficient (Wildman–Crippen LogP) is 14.7. The van der Waals surface area contributed by atoms with E-state index in [1.165, 1.54) is 220 Å². The first-order valence-corrected chi connectivity index (χ1v) is 33.3. The van der Waals surface area contributed by atoms with E-state index >= 15 is 0 Å². The lowest BCUT2D eigenvalue weighted by atomic mass is 9.57. The summed E-state index contributed by atoms with van der Waals surface area (Å²) < 4.78 is 8.40. The smallest absolute Gasteiger partial charge is 0.0680 e. The molecule has 0 spiro atoms. The maximum absolute atomic E-state index is 8.40. The van der Waals surface area contributed by atoms with E-state index in [1.54, 1.807) is 0 Å². The van der Waals surface area contributed by atoms with Gasteiger partial charge in [-0.15, -0.1) is 0 Å². The maximum Gasteiger partial charge on any atom is 0.0680 e. The fourth-order valence-electron chi connectivity index (χ4n) is 16.9. The Labute approximate surface area is 414 Å². The van der Waals surface area contributed by atoms with Crippen LogP contribution >= 0.6 is 15.8 Å². The molecule has 6 aliphatic carbocycles. The van der Waals surface area contributed by atoms with Gasteiger partial charge in [-0.05, 0) is 244 Å². The molecule has 384 valence electrons. The van der Waals surface area contributed by atoms with Crippen LogP contribution in [0.4, 0.5) is 0 Å². The maximum atomic E-state index is 8.40. The summed E-state index contributed by atoms with van der Waals surface area (Å²) >= 11 is 0. The van der Waals surface area contributed by atoms with Crippen LogP contribution in [-0.4, -0.2) is 144 Å². The zero-order valence-electron chi connectivity index (χ0n) is 45.7. The van der Waals surface area contributed by atoms with Crippen LogP contribution in [0.5, 0.6) is 0 Å². The SMILES string of the molecule is CCN(CC)CC1CCC(P(C2CCC(CN(CC)CC)CC2)C2CCCC3C2OC2C(P(C4CCC(CN(CC)CC)CC4)C4CCC(CN(CC)CC)CC4)CCCC2C3(C)C)CC1. The van der Waals surface area contributed by atoms with Crippen LogP contribution in [0.1, 0.15) is 210 Å². The van der Waals surface area contributed by atoms with Crippen molar-refractivity contribution in [3.63, 3.8) is 0 Å². The van der Waals surface area contributed by atoms with Crippen LogP contribution in [0.25, 0.3) is 0 Å². The molecule has 7 fully saturated rings. The van der Waals surface area contributed by atoms with Gasteiger partial charge in [0, 0.05) is 37.5 Å². The van der Waals surface area contributed by atoms with Crippen molar-refractivity contribution in [2.24, 2.45) is 40.9 Å². The van der Waals surface area contributed by atoms with Crippen molar-refractivity contribution in [3.05, 3.63) is 0 Å². The lowest BCUT2D eigenvalue weighted by Crippen LogP contribution is -2.61. The summed E-state index contributed by atoms with van der Waals surface area (Å²) in [5.74, 6) is 5.25. The summed E-state index contributed by atoms with van der Waals surface area (Å²) in [7, 11) is -0.116. The van der Waals surface area contributed by atoms with Gasteiger partial charge in [-0.2, -0.15) is 0 Å². The number of nitrogens with zero attached hydrogens (tertiary/aromatic N) is 4. The Balaban J connectivity index is 1.15. The second-order valence-electron chi connectivity index (χ2n) is 24.6. The van der Waals surface area contributed by atoms with Gasteiger partial charge in [0.25, 0.3) is 0 Å². The lowest BCUT2D eigenvalue weighted by molar-refractivity contribution is -0.196. The van der Waals surface area contributed by atoms with Gasteiger partial charge in [0.15, 0.2) is 0 Å². The van der Waals surface area contributed by atoms with Crippen LogP contribution < -0.4 is 0 Å². The molecule has 0 aromatic carbocycles. The lowest BCUT2D eigenvalue weighted by Gasteiger charge is -2.62. The zero-order valence-corrected chi connectivity index (χ0v) is 47.5. The van der Waals surface area contributed by atoms with Gasteiger partial charge >= 0.3 is 0 Å². The highest BCUT2D eigenvalue weighted by atomic mass is 31.1. The zero-order chi connectivity index (χ0) is 46.8. The highest BCUT2D eigenvalue weighted by Crippen LogP contribution is 2.70. The van der Waals surface area contributed by atoms with Crippen LogP contribution in [0, 0.1) is 40.9 Å². The van der Waals surface area contributed by atoms with Gasteiger partial charge in [0.05, 0.1) is 12.2 Å². The van der Waals surface area contributed by atoms with E-state index < -0.39 is 0 Å². The first-order valence-electron chi connectivity index (χ1n) is 30.2. The number of hydrogen-bond donors (Lipinski definition) is 0. The molecule has 6 unspecified atom stereocenters. The highest BCUT2D eigenvalue weighted by molar-refractivity contribution is 7.60. The van der Waals surface area contributed by atoms with Gasteiger partial charge in [0.2, 0.25) is 0 Å². The summed E-state index contributed by atoms with van der Waals surface area (Å²) in [4.78, 5) is 10.9. The summed E-state index contributed by atoms with van der Waals surface area (Å²) in [6.07, 6.45) is 34.1. The number of ether oxygens (including phenoxy) is 1. The summed E-state index contributed by atoms with van der Waals surface area (Å²) in [6, 6.07) is 0. The van der Waals surface area contributed by atoms with E-state index in [2.05, 4.69) is 88.8 Å². The van der Waals surface area contributed by atoms with E-state index in [-0.39, 0.29) is 15.8 Å². The molecule has 0 amide bonds. The average Bonchev–Trinajstić information content (AvgIpc) is 3.35. The van der Waals surface area contributed by atoms with E-state index in [0.717, 1.165) is 69.5 Å². The van der Waals surface area contributed by atoms with Gasteiger partial charge in [-0.3, -0.25) is 0 Å². The Morgan fingerprint density at radius 1 is 0.348 bits per heavy atom. The highest BCUT2D eigenvalue weighted by Gasteiger charge is 2.59. The molecular weight excluding hydrogens is 843 g/mol. The van der Waals surface area contributed by atoms with Crippen LogP contribution in [0.2, 0.25) is 0 Å². The van der Waals surface area contributed by atoms with Crippen molar-refractivity contribution in [1.29, 1.82) is 0 Å². The van der Waals surface area contributed by atoms with Crippen molar-refractivity contribution < 1.29 is 4.74 Å². The molecule has 7 aliphatic rings. The number of fused-ring (bicyclic) bond motifs is 2. The minimum Gasteiger partial charge on any atom is -0.373 e. The molecule has 0 N–H and O–H groups in total. The Kier molecular flexibility index (Phi) is 21.9. The van der Waals surface area contributed by atoms with Crippen LogP contribution in [0.15, 0.2) is 0 Å². The van der Waals surface area contributed by atoms with Crippen molar-refractivity contribution >= 4 is 15.8 Å². The molecule has 0 aromatic rings. The van der Waals surface area contributed by atoms with Crippen molar-refractivity contribution in [2.45, 2.75) is 257 Å². The standard InChI is InChI=1S/C59H112N4OP2/c1-11-60(12-2)41-45-25-33-49(34-26-45)65(50-35-27-46(28-36-50)42-61(13-3)14-4)55-23-19-21-53-57(55)64-58-54(59(53,9)10)22-20-24-56(58)66(51-37-29-47(30-38-51)43-62(15-5)16-6)52-39-31-48(32-40-52)44-63(17-7)18-8/h45-58H,11-44H2,1-10H3. The quantitative estimate of drug-likeness (QED) is 0.101. The summed E-state index contributed by atoms with van der Waals surface area (Å²) in [5, 5.41) is 0. The number of rotatable bonds is 22. The largest absolute Gasteiger partial charge is 0.373 e. The average molecular weight is 956 g/mol. The first kappa shape index (κ1) is 54.4. The second-order valence-corrected chi connectivity index (χ2v) is 30.7. The van der Waals surface area contributed by atoms with Gasteiger partial charge < -0.3 is 24.3 Å². The predicted molar refractivity (Wildman–Crippen MR) is 293 cm³/mol. The molecule has 0 radical (unpaired) electrons. The molecule has 7 heteroatoms. The molecule has 6 saturated carbocycles. The molecule has 0 bridgehead atoms. The van der Waals surface area contributed by atoms with Crippen molar-refractivity contribution in [3.8, 4) is 0 Å². The summed E-state index contributed by atoms with van der Waals surface area (Å²) in [5.41, 5.74) is 6.06. The summed E-state index contributed by atoms with van der Waals surface area (Å²) in [6.45, 7) is 39.9. The normalized spacial score (nSPS) is 38.6. The van der Waals surface area contributed by atoms with Gasteiger partial charge in [-0.25, -0.2) is 0 Å².